The molecule has 3 aromatic rings. The molecule has 0 N–H and O–H groups in total. The fraction of sp³-hybridized carbons (Fsp3) is 0. The molecule has 3 rings (SSSR count). The van der Waals surface area contributed by atoms with Crippen LogP contribution in [0, 0.1) is 17.5 Å². The molecule has 0 spiro atoms. The number of hydrogen-bond donors (Lipinski definition) is 0. The summed E-state index contributed by atoms with van der Waals surface area (Å²) in [7, 11) is 0. The van der Waals surface area contributed by atoms with Gasteiger partial charge < -0.3 is 0 Å². The van der Waals surface area contributed by atoms with Gasteiger partial charge in [0, 0.05) is 18.2 Å². The predicted molar refractivity (Wildman–Crippen MR) is 56.9 cm³/mol. The summed E-state index contributed by atoms with van der Waals surface area (Å²) in [6.07, 6.45) is 0. The highest BCUT2D eigenvalue weighted by Gasteiger charge is 2.09. The molecule has 5 heteroatoms. The maximum absolute atomic E-state index is 13.4. The lowest BCUT2D eigenvalue weighted by Gasteiger charge is -2.02. The first-order chi connectivity index (χ1) is 8.13. The average molecular weight is 234 g/mol. The second kappa shape index (κ2) is 3.41. The first-order valence-corrected chi connectivity index (χ1v) is 4.85. The third-order valence-electron chi connectivity index (χ3n) is 2.42. The van der Waals surface area contributed by atoms with Gasteiger partial charge in [0.05, 0.1) is 16.6 Å². The maximum atomic E-state index is 13.4. The van der Waals surface area contributed by atoms with Crippen LogP contribution < -0.4 is 0 Å². The number of rotatable bonds is 0. The summed E-state index contributed by atoms with van der Waals surface area (Å²) < 4.78 is 39.4. The van der Waals surface area contributed by atoms with Crippen molar-refractivity contribution in [1.29, 1.82) is 0 Å². The number of halogens is 3. The Morgan fingerprint density at radius 2 is 1.47 bits per heavy atom. The molecule has 0 saturated carbocycles. The number of nitrogens with zero attached hydrogens (tertiary/aromatic N) is 2. The van der Waals surface area contributed by atoms with Crippen LogP contribution in [0.5, 0.6) is 0 Å². The molecule has 0 aliphatic heterocycles. The van der Waals surface area contributed by atoms with E-state index in [1.165, 1.54) is 12.1 Å². The van der Waals surface area contributed by atoms with Crippen LogP contribution in [-0.2, 0) is 0 Å². The van der Waals surface area contributed by atoms with E-state index in [0.29, 0.717) is 5.52 Å². The zero-order valence-corrected chi connectivity index (χ0v) is 8.42. The monoisotopic (exact) mass is 234 g/mol. The van der Waals surface area contributed by atoms with Crippen LogP contribution in [-0.4, -0.2) is 9.97 Å². The molecule has 0 amide bonds. The number of aromatic nitrogens is 2. The summed E-state index contributed by atoms with van der Waals surface area (Å²) in [4.78, 5) is 7.97. The van der Waals surface area contributed by atoms with Crippen molar-refractivity contribution >= 4 is 22.1 Å². The SMILES string of the molecule is Fc1ccc2nc3cc(F)cc(F)c3nc2c1. The summed E-state index contributed by atoms with van der Waals surface area (Å²) in [6.45, 7) is 0. The van der Waals surface area contributed by atoms with Crippen LogP contribution >= 0.6 is 0 Å². The van der Waals surface area contributed by atoms with E-state index in [1.54, 1.807) is 0 Å². The molecule has 0 aliphatic rings. The van der Waals surface area contributed by atoms with Crippen molar-refractivity contribution in [2.45, 2.75) is 0 Å². The summed E-state index contributed by atoms with van der Waals surface area (Å²) in [5.74, 6) is -2.00. The Balaban J connectivity index is 2.48. The van der Waals surface area contributed by atoms with Crippen molar-refractivity contribution in [2.24, 2.45) is 0 Å². The fourth-order valence-electron chi connectivity index (χ4n) is 1.68. The molecule has 0 bridgehead atoms. The normalized spacial score (nSPS) is 11.2. The molecule has 0 radical (unpaired) electrons. The molecular formula is C12H5F3N2. The molecular weight excluding hydrogens is 229 g/mol. The average Bonchev–Trinajstić information content (AvgIpc) is 2.27. The highest BCUT2D eigenvalue weighted by atomic mass is 19.1. The van der Waals surface area contributed by atoms with Gasteiger partial charge in [0.25, 0.3) is 0 Å². The highest BCUT2D eigenvalue weighted by Crippen LogP contribution is 2.20. The van der Waals surface area contributed by atoms with Crippen molar-refractivity contribution in [3.63, 3.8) is 0 Å². The van der Waals surface area contributed by atoms with Gasteiger partial charge in [0.15, 0.2) is 5.82 Å². The quantitative estimate of drug-likeness (QED) is 0.558. The zero-order chi connectivity index (χ0) is 12.0. The molecule has 0 atom stereocenters. The lowest BCUT2D eigenvalue weighted by atomic mass is 10.2. The fourth-order valence-corrected chi connectivity index (χ4v) is 1.68. The van der Waals surface area contributed by atoms with Crippen LogP contribution in [0.4, 0.5) is 13.2 Å². The van der Waals surface area contributed by atoms with Gasteiger partial charge in [0.1, 0.15) is 17.2 Å². The summed E-state index contributed by atoms with van der Waals surface area (Å²) in [6, 6.07) is 5.61. The highest BCUT2D eigenvalue weighted by molar-refractivity contribution is 5.86. The standard InChI is InChI=1S/C12H5F3N2/c13-6-1-2-9-10(4-6)17-12-8(15)3-7(14)5-11(12)16-9/h1-5H. The second-order valence-corrected chi connectivity index (χ2v) is 3.61. The molecule has 0 saturated heterocycles. The third kappa shape index (κ3) is 1.60. The Morgan fingerprint density at radius 1 is 0.706 bits per heavy atom. The van der Waals surface area contributed by atoms with Crippen LogP contribution in [0.2, 0.25) is 0 Å². The Bertz CT molecular complexity index is 740. The molecule has 2 nitrogen and oxygen atoms in total. The predicted octanol–water partition coefficient (Wildman–Crippen LogP) is 3.20. The number of fused-ring (bicyclic) bond motifs is 2. The van der Waals surface area contributed by atoms with E-state index in [9.17, 15) is 13.2 Å². The molecule has 0 unspecified atom stereocenters. The Labute approximate surface area is 93.7 Å². The first-order valence-electron chi connectivity index (χ1n) is 4.85. The van der Waals surface area contributed by atoms with Gasteiger partial charge in [-0.15, -0.1) is 0 Å². The zero-order valence-electron chi connectivity index (χ0n) is 8.42. The molecule has 2 aromatic carbocycles. The van der Waals surface area contributed by atoms with Gasteiger partial charge in [-0.2, -0.15) is 0 Å². The van der Waals surface area contributed by atoms with Gasteiger partial charge in [-0.3, -0.25) is 0 Å². The van der Waals surface area contributed by atoms with E-state index in [-0.39, 0.29) is 16.6 Å². The maximum Gasteiger partial charge on any atom is 0.153 e. The summed E-state index contributed by atoms with van der Waals surface area (Å²) in [5.41, 5.74) is 0.679. The van der Waals surface area contributed by atoms with Gasteiger partial charge in [0.2, 0.25) is 0 Å². The summed E-state index contributed by atoms with van der Waals surface area (Å²) >= 11 is 0. The van der Waals surface area contributed by atoms with Gasteiger partial charge in [-0.25, -0.2) is 23.1 Å². The second-order valence-electron chi connectivity index (χ2n) is 3.61. The lowest BCUT2D eigenvalue weighted by molar-refractivity contribution is 0.590. The number of hydrogen-bond acceptors (Lipinski definition) is 2. The van der Waals surface area contributed by atoms with E-state index in [1.807, 2.05) is 0 Å². The van der Waals surface area contributed by atoms with E-state index in [4.69, 9.17) is 0 Å². The van der Waals surface area contributed by atoms with Gasteiger partial charge in [-0.05, 0) is 12.1 Å². The smallest absolute Gasteiger partial charge is 0.153 e. The van der Waals surface area contributed by atoms with Crippen molar-refractivity contribution in [3.05, 3.63) is 47.8 Å². The van der Waals surface area contributed by atoms with Gasteiger partial charge >= 0.3 is 0 Å². The van der Waals surface area contributed by atoms with E-state index >= 15 is 0 Å². The van der Waals surface area contributed by atoms with E-state index in [2.05, 4.69) is 9.97 Å². The minimum Gasteiger partial charge on any atom is -0.244 e. The van der Waals surface area contributed by atoms with Crippen molar-refractivity contribution in [3.8, 4) is 0 Å². The minimum atomic E-state index is -0.807. The Kier molecular flexibility index (Phi) is 2.01. The molecule has 1 heterocycles. The molecule has 1 aromatic heterocycles. The first kappa shape index (κ1) is 10.0. The van der Waals surface area contributed by atoms with Gasteiger partial charge in [-0.1, -0.05) is 0 Å². The Hall–Kier alpha value is -2.17. The largest absolute Gasteiger partial charge is 0.244 e. The molecule has 0 aliphatic carbocycles. The van der Waals surface area contributed by atoms with Crippen LogP contribution in [0.3, 0.4) is 0 Å². The lowest BCUT2D eigenvalue weighted by Crippen LogP contribution is -1.92. The van der Waals surface area contributed by atoms with Crippen molar-refractivity contribution in [2.75, 3.05) is 0 Å². The van der Waals surface area contributed by atoms with Crippen molar-refractivity contribution < 1.29 is 13.2 Å². The minimum absolute atomic E-state index is 0.0653. The van der Waals surface area contributed by atoms with Crippen LogP contribution in [0.25, 0.3) is 22.1 Å². The topological polar surface area (TPSA) is 25.8 Å². The number of benzene rings is 2. The van der Waals surface area contributed by atoms with E-state index in [0.717, 1.165) is 18.2 Å². The van der Waals surface area contributed by atoms with Crippen LogP contribution in [0.1, 0.15) is 0 Å². The summed E-state index contributed by atoms with van der Waals surface area (Å²) in [5, 5.41) is 0. The Morgan fingerprint density at radius 3 is 2.29 bits per heavy atom. The van der Waals surface area contributed by atoms with Crippen molar-refractivity contribution in [1.82, 2.24) is 9.97 Å². The van der Waals surface area contributed by atoms with Crippen LogP contribution in [0.15, 0.2) is 30.3 Å². The molecule has 0 fully saturated rings. The van der Waals surface area contributed by atoms with E-state index < -0.39 is 17.5 Å². The molecule has 84 valence electrons. The third-order valence-corrected chi connectivity index (χ3v) is 2.42. The molecule has 17 heavy (non-hydrogen) atoms.